The number of anilines is 2. The predicted octanol–water partition coefficient (Wildman–Crippen LogP) is 3.38. The first kappa shape index (κ1) is 20.5. The van der Waals surface area contributed by atoms with Gasteiger partial charge in [0.15, 0.2) is 0 Å². The average molecular weight is 413 g/mol. The number of hydrogen-bond acceptors (Lipinski definition) is 4. The van der Waals surface area contributed by atoms with Crippen LogP contribution in [-0.2, 0) is 19.2 Å². The van der Waals surface area contributed by atoms with E-state index in [0.29, 0.717) is 11.4 Å². The van der Waals surface area contributed by atoms with E-state index in [-0.39, 0.29) is 23.6 Å². The maximum absolute atomic E-state index is 12.1. The first-order chi connectivity index (χ1) is 14.7. The fourth-order valence-electron chi connectivity index (χ4n) is 4.28. The molecule has 2 aromatic carbocycles. The van der Waals surface area contributed by atoms with Crippen molar-refractivity contribution in [1.82, 2.24) is 0 Å². The van der Waals surface area contributed by atoms with Crippen LogP contribution < -0.4 is 9.80 Å². The zero-order valence-corrected chi connectivity index (χ0v) is 17.7. The quantitative estimate of drug-likeness (QED) is 0.721. The van der Waals surface area contributed by atoms with Gasteiger partial charge >= 0.3 is 0 Å². The third-order valence-electron chi connectivity index (χ3n) is 5.43. The van der Waals surface area contributed by atoms with Crippen molar-refractivity contribution in [1.29, 1.82) is 0 Å². The lowest BCUT2D eigenvalue weighted by molar-refractivity contribution is -0.121. The molecule has 0 unspecified atom stereocenters. The Morgan fingerprint density at radius 2 is 0.774 bits per heavy atom. The number of imide groups is 2. The molecular weight excluding hydrogens is 392 g/mol. The van der Waals surface area contributed by atoms with Crippen LogP contribution in [0.25, 0.3) is 0 Å². The Labute approximate surface area is 180 Å². The number of carbonyl (C=O) groups excluding carboxylic acids is 4. The smallest absolute Gasteiger partial charge is 0.258 e. The summed E-state index contributed by atoms with van der Waals surface area (Å²) < 4.78 is 0. The van der Waals surface area contributed by atoms with Crippen molar-refractivity contribution in [3.63, 3.8) is 0 Å². The van der Waals surface area contributed by atoms with Gasteiger partial charge in [-0.3, -0.25) is 19.2 Å². The molecule has 6 heteroatoms. The summed E-state index contributed by atoms with van der Waals surface area (Å²) in [5.41, 5.74) is 6.35. The van der Waals surface area contributed by atoms with E-state index in [9.17, 15) is 19.2 Å². The monoisotopic (exact) mass is 413 g/mol. The minimum Gasteiger partial charge on any atom is -0.269 e. The zero-order valence-electron chi connectivity index (χ0n) is 17.7. The van der Waals surface area contributed by atoms with Crippen molar-refractivity contribution >= 4 is 35.0 Å². The Morgan fingerprint density at radius 3 is 1.03 bits per heavy atom. The summed E-state index contributed by atoms with van der Waals surface area (Å²) in [6.07, 6.45) is 7.10. The van der Waals surface area contributed by atoms with Crippen LogP contribution in [0.4, 0.5) is 11.4 Å². The largest absolute Gasteiger partial charge is 0.269 e. The number of aryl methyl sites for hydroxylation is 4. The molecule has 0 N–H and O–H groups in total. The van der Waals surface area contributed by atoms with Gasteiger partial charge in [0.05, 0.1) is 11.4 Å². The van der Waals surface area contributed by atoms with Crippen LogP contribution in [0.2, 0.25) is 0 Å². The Kier molecular flexibility index (Phi) is 4.93. The highest BCUT2D eigenvalue weighted by atomic mass is 16.2. The maximum atomic E-state index is 12.1. The molecular formula is C25H21N2O4. The van der Waals surface area contributed by atoms with Gasteiger partial charge in [-0.1, -0.05) is 24.3 Å². The summed E-state index contributed by atoms with van der Waals surface area (Å²) in [6, 6.07) is 7.71. The second-order valence-corrected chi connectivity index (χ2v) is 7.84. The molecule has 2 aliphatic rings. The zero-order chi connectivity index (χ0) is 22.4. The molecule has 0 bridgehead atoms. The van der Waals surface area contributed by atoms with Crippen LogP contribution in [0.5, 0.6) is 0 Å². The molecule has 2 aliphatic heterocycles. The van der Waals surface area contributed by atoms with Crippen molar-refractivity contribution in [3.8, 4) is 0 Å². The molecule has 4 rings (SSSR count). The molecule has 6 nitrogen and oxygen atoms in total. The van der Waals surface area contributed by atoms with Crippen LogP contribution in [0.15, 0.2) is 48.6 Å². The molecule has 0 aromatic heterocycles. The fourth-order valence-corrected chi connectivity index (χ4v) is 4.28. The number of benzene rings is 2. The number of rotatable bonds is 4. The minimum absolute atomic E-state index is 0.338. The van der Waals surface area contributed by atoms with Crippen LogP contribution in [0.3, 0.4) is 0 Å². The van der Waals surface area contributed by atoms with Gasteiger partial charge in [0.2, 0.25) is 0 Å². The van der Waals surface area contributed by atoms with Crippen LogP contribution in [0, 0.1) is 34.1 Å². The van der Waals surface area contributed by atoms with Gasteiger partial charge in [-0.2, -0.15) is 0 Å². The van der Waals surface area contributed by atoms with Gasteiger partial charge in [-0.15, -0.1) is 0 Å². The molecule has 0 aliphatic carbocycles. The molecule has 0 saturated heterocycles. The normalized spacial score (nSPS) is 15.7. The molecule has 31 heavy (non-hydrogen) atoms. The second kappa shape index (κ2) is 7.47. The van der Waals surface area contributed by atoms with Gasteiger partial charge < -0.3 is 0 Å². The lowest BCUT2D eigenvalue weighted by Crippen LogP contribution is -2.31. The average Bonchev–Trinajstić information content (AvgIpc) is 3.17. The first-order valence-electron chi connectivity index (χ1n) is 9.87. The van der Waals surface area contributed by atoms with Crippen molar-refractivity contribution < 1.29 is 19.2 Å². The molecule has 155 valence electrons. The van der Waals surface area contributed by atoms with Crippen LogP contribution in [-0.4, -0.2) is 23.6 Å². The Morgan fingerprint density at radius 1 is 0.516 bits per heavy atom. The number of nitrogens with zero attached hydrogens (tertiary/aromatic N) is 2. The fraction of sp³-hybridized carbons (Fsp3) is 0.160. The summed E-state index contributed by atoms with van der Waals surface area (Å²) in [6.45, 7) is 7.48. The van der Waals surface area contributed by atoms with Crippen LogP contribution >= 0.6 is 0 Å². The molecule has 0 spiro atoms. The van der Waals surface area contributed by atoms with Gasteiger partial charge in [0.1, 0.15) is 0 Å². The molecule has 0 fully saturated rings. The standard InChI is InChI=1S/C25H21N2O4/c1-14-9-18(10-15(2)24(14)26-20(28)5-6-21(26)29)13-19-11-16(3)25(17(4)12-19)27-22(30)7-8-23(27)31/h5-13H,1-4H3. The number of amides is 4. The summed E-state index contributed by atoms with van der Waals surface area (Å²) in [5, 5.41) is 0. The highest BCUT2D eigenvalue weighted by Crippen LogP contribution is 2.33. The molecule has 4 amide bonds. The number of hydrogen-bond donors (Lipinski definition) is 0. The minimum atomic E-state index is -0.338. The van der Waals surface area contributed by atoms with E-state index in [1.165, 1.54) is 34.1 Å². The molecule has 2 heterocycles. The summed E-state index contributed by atoms with van der Waals surface area (Å²) in [4.78, 5) is 50.7. The maximum Gasteiger partial charge on any atom is 0.258 e. The van der Waals surface area contributed by atoms with E-state index in [1.807, 2.05) is 58.4 Å². The van der Waals surface area contributed by atoms with Crippen molar-refractivity contribution in [2.75, 3.05) is 9.80 Å². The SMILES string of the molecule is Cc1cc([CH]c2cc(C)c(N3C(=O)C=CC3=O)c(C)c2)cc(C)c1N1C(=O)C=CC1=O. The number of carbonyl (C=O) groups is 4. The third-order valence-corrected chi connectivity index (χ3v) is 5.43. The molecule has 0 saturated carbocycles. The van der Waals surface area contributed by atoms with Gasteiger partial charge in [-0.05, 0) is 61.1 Å². The van der Waals surface area contributed by atoms with Gasteiger partial charge in [0, 0.05) is 30.7 Å². The van der Waals surface area contributed by atoms with Crippen LogP contribution in [0.1, 0.15) is 33.4 Å². The van der Waals surface area contributed by atoms with Gasteiger partial charge in [0.25, 0.3) is 23.6 Å². The topological polar surface area (TPSA) is 74.8 Å². The van der Waals surface area contributed by atoms with E-state index in [4.69, 9.17) is 0 Å². The molecule has 1 radical (unpaired) electrons. The summed E-state index contributed by atoms with van der Waals surface area (Å²) in [7, 11) is 0. The highest BCUT2D eigenvalue weighted by Gasteiger charge is 2.29. The Hall–Kier alpha value is -3.80. The highest BCUT2D eigenvalue weighted by molar-refractivity contribution is 6.29. The van der Waals surface area contributed by atoms with E-state index < -0.39 is 0 Å². The predicted molar refractivity (Wildman–Crippen MR) is 118 cm³/mol. The summed E-state index contributed by atoms with van der Waals surface area (Å²) >= 11 is 0. The van der Waals surface area contributed by atoms with E-state index >= 15 is 0 Å². The molecule has 2 aromatic rings. The van der Waals surface area contributed by atoms with E-state index in [2.05, 4.69) is 0 Å². The first-order valence-corrected chi connectivity index (χ1v) is 9.87. The van der Waals surface area contributed by atoms with Crippen molar-refractivity contribution in [3.05, 3.63) is 88.4 Å². The van der Waals surface area contributed by atoms with Crippen molar-refractivity contribution in [2.24, 2.45) is 0 Å². The lowest BCUT2D eigenvalue weighted by atomic mass is 9.95. The van der Waals surface area contributed by atoms with Gasteiger partial charge in [-0.25, -0.2) is 9.80 Å². The molecule has 0 atom stereocenters. The third kappa shape index (κ3) is 3.50. The second-order valence-electron chi connectivity index (χ2n) is 7.84. The van der Waals surface area contributed by atoms with Crippen molar-refractivity contribution in [2.45, 2.75) is 27.7 Å². The van der Waals surface area contributed by atoms with E-state index in [1.54, 1.807) is 0 Å². The summed E-state index contributed by atoms with van der Waals surface area (Å²) in [5.74, 6) is -1.35. The Bertz CT molecular complexity index is 1060. The Balaban J connectivity index is 1.64. The van der Waals surface area contributed by atoms with E-state index in [0.717, 1.165) is 33.4 Å². The lowest BCUT2D eigenvalue weighted by Gasteiger charge is -2.21.